The Morgan fingerprint density at radius 1 is 1.12 bits per heavy atom. The molecule has 0 bridgehead atoms. The number of carbonyl (C=O) groups is 2. The van der Waals surface area contributed by atoms with Gasteiger partial charge < -0.3 is 9.80 Å². The van der Waals surface area contributed by atoms with E-state index in [9.17, 15) is 9.59 Å². The zero-order chi connectivity index (χ0) is 17.6. The van der Waals surface area contributed by atoms with Gasteiger partial charge in [0, 0.05) is 19.1 Å². The van der Waals surface area contributed by atoms with Crippen LogP contribution in [-0.4, -0.2) is 46.3 Å². The molecule has 2 heterocycles. The Morgan fingerprint density at radius 2 is 1.84 bits per heavy atom. The van der Waals surface area contributed by atoms with Crippen LogP contribution < -0.4 is 0 Å². The summed E-state index contributed by atoms with van der Waals surface area (Å²) in [6.07, 6.45) is 5.95. The molecule has 4 rings (SSSR count). The third-order valence-electron chi connectivity index (χ3n) is 5.77. The number of piperidine rings is 1. The van der Waals surface area contributed by atoms with Crippen LogP contribution in [0.4, 0.5) is 0 Å². The molecule has 1 aliphatic carbocycles. The van der Waals surface area contributed by atoms with Gasteiger partial charge in [-0.15, -0.1) is 0 Å². The van der Waals surface area contributed by atoms with Crippen LogP contribution in [0.2, 0.25) is 10.0 Å². The zero-order valence-electron chi connectivity index (χ0n) is 14.1. The van der Waals surface area contributed by atoms with Gasteiger partial charge in [-0.25, -0.2) is 0 Å². The van der Waals surface area contributed by atoms with Gasteiger partial charge in [-0.05, 0) is 56.2 Å². The van der Waals surface area contributed by atoms with Crippen LogP contribution in [0.25, 0.3) is 0 Å². The van der Waals surface area contributed by atoms with Crippen molar-refractivity contribution in [2.24, 2.45) is 0 Å². The van der Waals surface area contributed by atoms with Crippen molar-refractivity contribution in [3.05, 3.63) is 33.8 Å². The largest absolute Gasteiger partial charge is 0.338 e. The molecule has 4 nitrogen and oxygen atoms in total. The molecule has 0 N–H and O–H groups in total. The Hall–Kier alpha value is -1.26. The molecule has 3 fully saturated rings. The van der Waals surface area contributed by atoms with Crippen LogP contribution in [0.5, 0.6) is 0 Å². The van der Waals surface area contributed by atoms with E-state index in [1.54, 1.807) is 12.1 Å². The Morgan fingerprint density at radius 3 is 2.52 bits per heavy atom. The molecule has 2 saturated heterocycles. The predicted octanol–water partition coefficient (Wildman–Crippen LogP) is 3.68. The van der Waals surface area contributed by atoms with Gasteiger partial charge in [0.25, 0.3) is 0 Å². The van der Waals surface area contributed by atoms with Gasteiger partial charge in [-0.1, -0.05) is 29.3 Å². The number of amides is 2. The van der Waals surface area contributed by atoms with Crippen LogP contribution in [0.15, 0.2) is 18.2 Å². The van der Waals surface area contributed by atoms with Crippen molar-refractivity contribution in [3.8, 4) is 0 Å². The molecule has 134 valence electrons. The highest BCUT2D eigenvalue weighted by atomic mass is 35.5. The molecule has 1 aromatic rings. The van der Waals surface area contributed by atoms with E-state index in [0.717, 1.165) is 50.6 Å². The lowest BCUT2D eigenvalue weighted by atomic mass is 9.85. The van der Waals surface area contributed by atoms with Gasteiger partial charge in [-0.3, -0.25) is 9.59 Å². The first-order valence-electron chi connectivity index (χ1n) is 9.07. The molecule has 3 aliphatic rings. The van der Waals surface area contributed by atoms with Crippen LogP contribution in [0.1, 0.15) is 44.1 Å². The minimum atomic E-state index is -0.603. The molecular weight excluding hydrogens is 359 g/mol. The van der Waals surface area contributed by atoms with Crippen LogP contribution >= 0.6 is 23.2 Å². The Balaban J connectivity index is 1.54. The fourth-order valence-corrected chi connectivity index (χ4v) is 4.72. The molecule has 1 saturated carbocycles. The third-order valence-corrected chi connectivity index (χ3v) is 6.50. The van der Waals surface area contributed by atoms with Gasteiger partial charge in [0.2, 0.25) is 11.8 Å². The standard InChI is InChI=1S/C19H22Cl2N2O2/c20-15-6-3-13(11-16(15)21)12-17(24)23-10-2-8-19(23)7-1-9-22(18(19)25)14-4-5-14/h3,6,11,14H,1-2,4-5,7-10,12H2. The minimum absolute atomic E-state index is 0.0156. The molecule has 1 aromatic carbocycles. The molecule has 0 radical (unpaired) electrons. The number of rotatable bonds is 3. The summed E-state index contributed by atoms with van der Waals surface area (Å²) in [7, 11) is 0. The summed E-state index contributed by atoms with van der Waals surface area (Å²) in [6, 6.07) is 5.70. The number of benzene rings is 1. The monoisotopic (exact) mass is 380 g/mol. The second-order valence-electron chi connectivity index (χ2n) is 7.44. The smallest absolute Gasteiger partial charge is 0.248 e. The van der Waals surface area contributed by atoms with Gasteiger partial charge in [-0.2, -0.15) is 0 Å². The molecule has 1 atom stereocenters. The normalized spacial score (nSPS) is 26.6. The maximum atomic E-state index is 13.2. The molecule has 25 heavy (non-hydrogen) atoms. The van der Waals surface area contributed by atoms with Crippen molar-refractivity contribution < 1.29 is 9.59 Å². The highest BCUT2D eigenvalue weighted by molar-refractivity contribution is 6.42. The van der Waals surface area contributed by atoms with E-state index < -0.39 is 5.54 Å². The van der Waals surface area contributed by atoms with Gasteiger partial charge in [0.05, 0.1) is 16.5 Å². The highest BCUT2D eigenvalue weighted by Crippen LogP contribution is 2.42. The quantitative estimate of drug-likeness (QED) is 0.802. The first-order valence-corrected chi connectivity index (χ1v) is 9.82. The predicted molar refractivity (Wildman–Crippen MR) is 97.8 cm³/mol. The first kappa shape index (κ1) is 17.2. The lowest BCUT2D eigenvalue weighted by Crippen LogP contribution is -2.62. The summed E-state index contributed by atoms with van der Waals surface area (Å²) in [5, 5.41) is 0.940. The van der Waals surface area contributed by atoms with E-state index in [1.165, 1.54) is 0 Å². The van der Waals surface area contributed by atoms with Crippen molar-refractivity contribution in [2.45, 2.75) is 56.5 Å². The number of halogens is 2. The lowest BCUT2D eigenvalue weighted by molar-refractivity contribution is -0.155. The van der Waals surface area contributed by atoms with Crippen molar-refractivity contribution in [3.63, 3.8) is 0 Å². The van der Waals surface area contributed by atoms with Gasteiger partial charge in [0.15, 0.2) is 0 Å². The summed E-state index contributed by atoms with van der Waals surface area (Å²) < 4.78 is 0. The van der Waals surface area contributed by atoms with E-state index in [4.69, 9.17) is 23.2 Å². The van der Waals surface area contributed by atoms with Crippen molar-refractivity contribution in [1.82, 2.24) is 9.80 Å². The maximum absolute atomic E-state index is 13.2. The Bertz CT molecular complexity index is 719. The van der Waals surface area contributed by atoms with E-state index in [0.29, 0.717) is 22.6 Å². The molecule has 0 aromatic heterocycles. The summed E-state index contributed by atoms with van der Waals surface area (Å²) in [5.74, 6) is 0.197. The second-order valence-corrected chi connectivity index (χ2v) is 8.25. The third kappa shape index (κ3) is 3.04. The number of likely N-dealkylation sites (tertiary alicyclic amines) is 2. The van der Waals surface area contributed by atoms with Crippen molar-refractivity contribution >= 4 is 35.0 Å². The summed E-state index contributed by atoms with van der Waals surface area (Å²) in [5.41, 5.74) is 0.234. The average molecular weight is 381 g/mol. The molecule has 2 amide bonds. The van der Waals surface area contributed by atoms with Crippen LogP contribution in [0.3, 0.4) is 0 Å². The Labute approximate surface area is 158 Å². The number of carbonyl (C=O) groups excluding carboxylic acids is 2. The summed E-state index contributed by atoms with van der Waals surface area (Å²) in [4.78, 5) is 30.1. The Kier molecular flexibility index (Phi) is 4.45. The van der Waals surface area contributed by atoms with E-state index in [2.05, 4.69) is 0 Å². The van der Waals surface area contributed by atoms with Crippen molar-refractivity contribution in [1.29, 1.82) is 0 Å². The number of hydrogen-bond acceptors (Lipinski definition) is 2. The number of hydrogen-bond donors (Lipinski definition) is 0. The summed E-state index contributed by atoms with van der Waals surface area (Å²) >= 11 is 12.0. The molecular formula is C19H22Cl2N2O2. The van der Waals surface area contributed by atoms with E-state index in [1.807, 2.05) is 15.9 Å². The van der Waals surface area contributed by atoms with Crippen LogP contribution in [0, 0.1) is 0 Å². The van der Waals surface area contributed by atoms with E-state index in [-0.39, 0.29) is 18.2 Å². The van der Waals surface area contributed by atoms with Gasteiger partial charge in [0.1, 0.15) is 5.54 Å². The lowest BCUT2D eigenvalue weighted by Gasteiger charge is -2.44. The van der Waals surface area contributed by atoms with Crippen molar-refractivity contribution in [2.75, 3.05) is 13.1 Å². The SMILES string of the molecule is O=C(Cc1ccc(Cl)c(Cl)c1)N1CCCC12CCCN(C1CC1)C2=O. The summed E-state index contributed by atoms with van der Waals surface area (Å²) in [6.45, 7) is 1.52. The fourth-order valence-electron chi connectivity index (χ4n) is 4.40. The van der Waals surface area contributed by atoms with Crippen LogP contribution in [-0.2, 0) is 16.0 Å². The molecule has 2 aliphatic heterocycles. The zero-order valence-corrected chi connectivity index (χ0v) is 15.7. The number of nitrogens with zero attached hydrogens (tertiary/aromatic N) is 2. The molecule has 1 unspecified atom stereocenters. The average Bonchev–Trinajstić information content (AvgIpc) is 3.34. The maximum Gasteiger partial charge on any atom is 0.248 e. The van der Waals surface area contributed by atoms with E-state index >= 15 is 0 Å². The molecule has 6 heteroatoms. The first-order chi connectivity index (χ1) is 12.0. The van der Waals surface area contributed by atoms with Gasteiger partial charge >= 0.3 is 0 Å². The second kappa shape index (κ2) is 6.48. The minimum Gasteiger partial charge on any atom is -0.338 e. The molecule has 1 spiro atoms. The fraction of sp³-hybridized carbons (Fsp3) is 0.579. The topological polar surface area (TPSA) is 40.6 Å². The highest BCUT2D eigenvalue weighted by Gasteiger charge is 2.54.